The Bertz CT molecular complexity index is 1240. The fourth-order valence-electron chi connectivity index (χ4n) is 4.57. The van der Waals surface area contributed by atoms with Crippen molar-refractivity contribution in [1.82, 2.24) is 4.98 Å². The number of fused-ring (bicyclic) bond motifs is 1. The van der Waals surface area contributed by atoms with Crippen LogP contribution in [0.3, 0.4) is 0 Å². The van der Waals surface area contributed by atoms with Gasteiger partial charge in [0.05, 0.1) is 17.8 Å². The third-order valence-corrected chi connectivity index (χ3v) is 6.42. The molecule has 182 valence electrons. The third kappa shape index (κ3) is 4.61. The van der Waals surface area contributed by atoms with Gasteiger partial charge in [0.15, 0.2) is 6.61 Å². The lowest BCUT2D eigenvalue weighted by atomic mass is 9.86. The van der Waals surface area contributed by atoms with Crippen LogP contribution in [0.5, 0.6) is 5.75 Å². The fourth-order valence-corrected chi connectivity index (χ4v) is 4.57. The second-order valence-electron chi connectivity index (χ2n) is 8.67. The van der Waals surface area contributed by atoms with E-state index >= 15 is 0 Å². The van der Waals surface area contributed by atoms with Crippen LogP contribution >= 0.6 is 0 Å². The Hall–Kier alpha value is -3.43. The molecule has 1 saturated heterocycles. The van der Waals surface area contributed by atoms with Gasteiger partial charge in [0.2, 0.25) is 0 Å². The predicted molar refractivity (Wildman–Crippen MR) is 122 cm³/mol. The van der Waals surface area contributed by atoms with Crippen molar-refractivity contribution in [2.45, 2.75) is 31.2 Å². The van der Waals surface area contributed by atoms with E-state index in [-0.39, 0.29) is 18.2 Å². The molecule has 0 saturated carbocycles. The van der Waals surface area contributed by atoms with Gasteiger partial charge in [0.1, 0.15) is 5.75 Å². The second kappa shape index (κ2) is 8.98. The standard InChI is InChI=1S/C26H23F3N2O4/c27-26(28,29)16-35-22-4-2-1-3-20(22)23-21-15-31(24(32)19(21)9-12-30-23)18-7-5-17(6-8-18)25(33)10-13-34-14-11-25/h1-9,12,33H,10-11,13-16H2. The zero-order valence-electron chi connectivity index (χ0n) is 18.7. The molecule has 9 heteroatoms. The SMILES string of the molecule is O=C1c2ccnc(-c3ccccc3OCC(F)(F)F)c2CN1c1ccc(C2(O)CCOCC2)cc1. The molecule has 0 spiro atoms. The molecule has 0 unspecified atom stereocenters. The number of carbonyl (C=O) groups excluding carboxylic acids is 1. The maximum atomic E-state index is 13.2. The lowest BCUT2D eigenvalue weighted by molar-refractivity contribution is -0.153. The van der Waals surface area contributed by atoms with Crippen molar-refractivity contribution >= 4 is 11.6 Å². The lowest BCUT2D eigenvalue weighted by Crippen LogP contribution is -2.33. The molecule has 35 heavy (non-hydrogen) atoms. The third-order valence-electron chi connectivity index (χ3n) is 6.42. The summed E-state index contributed by atoms with van der Waals surface area (Å²) in [7, 11) is 0. The maximum absolute atomic E-state index is 13.2. The van der Waals surface area contributed by atoms with E-state index in [9.17, 15) is 23.1 Å². The van der Waals surface area contributed by atoms with Crippen LogP contribution in [-0.4, -0.2) is 42.0 Å². The minimum Gasteiger partial charge on any atom is -0.483 e. The first-order valence-corrected chi connectivity index (χ1v) is 11.2. The Balaban J connectivity index is 1.43. The summed E-state index contributed by atoms with van der Waals surface area (Å²) in [5.74, 6) is -0.180. The smallest absolute Gasteiger partial charge is 0.422 e. The number of carbonyl (C=O) groups is 1. The number of hydrogen-bond donors (Lipinski definition) is 1. The van der Waals surface area contributed by atoms with E-state index in [1.165, 1.54) is 12.3 Å². The first-order chi connectivity index (χ1) is 16.8. The van der Waals surface area contributed by atoms with E-state index in [0.717, 1.165) is 5.56 Å². The molecule has 3 heterocycles. The van der Waals surface area contributed by atoms with Crippen LogP contribution in [0.15, 0.2) is 60.8 Å². The Morgan fingerprint density at radius 3 is 2.46 bits per heavy atom. The molecule has 0 bridgehead atoms. The van der Waals surface area contributed by atoms with E-state index in [1.54, 1.807) is 41.3 Å². The van der Waals surface area contributed by atoms with Crippen molar-refractivity contribution in [2.24, 2.45) is 0 Å². The quantitative estimate of drug-likeness (QED) is 0.561. The highest BCUT2D eigenvalue weighted by Gasteiger charge is 2.35. The van der Waals surface area contributed by atoms with Crippen LogP contribution in [-0.2, 0) is 16.9 Å². The highest BCUT2D eigenvalue weighted by atomic mass is 19.4. The molecule has 1 N–H and O–H groups in total. The lowest BCUT2D eigenvalue weighted by Gasteiger charge is -2.32. The number of anilines is 1. The predicted octanol–water partition coefficient (Wildman–Crippen LogP) is 4.85. The molecule has 1 amide bonds. The molecule has 2 aliphatic heterocycles. The van der Waals surface area contributed by atoms with Gasteiger partial charge in [-0.3, -0.25) is 9.78 Å². The zero-order valence-corrected chi connectivity index (χ0v) is 18.7. The van der Waals surface area contributed by atoms with E-state index in [0.29, 0.717) is 54.1 Å². The van der Waals surface area contributed by atoms with Crippen molar-refractivity contribution in [3.05, 3.63) is 77.5 Å². The molecule has 0 radical (unpaired) electrons. The molecule has 2 aliphatic rings. The van der Waals surface area contributed by atoms with Crippen molar-refractivity contribution < 1.29 is 32.5 Å². The van der Waals surface area contributed by atoms with Gasteiger partial charge in [0.25, 0.3) is 5.91 Å². The zero-order chi connectivity index (χ0) is 24.6. The summed E-state index contributed by atoms with van der Waals surface area (Å²) in [6.07, 6.45) is -1.99. The molecule has 3 aromatic rings. The van der Waals surface area contributed by atoms with E-state index in [2.05, 4.69) is 4.98 Å². The minimum atomic E-state index is -4.48. The van der Waals surface area contributed by atoms with Crippen molar-refractivity contribution in [3.63, 3.8) is 0 Å². The number of alkyl halides is 3. The Kier molecular flexibility index (Phi) is 5.98. The number of ether oxygens (including phenoxy) is 2. The molecule has 0 aliphatic carbocycles. The van der Waals surface area contributed by atoms with Gasteiger partial charge in [-0.15, -0.1) is 0 Å². The van der Waals surface area contributed by atoms with Crippen molar-refractivity contribution in [1.29, 1.82) is 0 Å². The molecular weight excluding hydrogens is 461 g/mol. The normalized spacial score (nSPS) is 17.4. The van der Waals surface area contributed by atoms with Crippen LogP contribution in [0, 0.1) is 0 Å². The number of aliphatic hydroxyl groups is 1. The molecule has 1 fully saturated rings. The molecule has 6 nitrogen and oxygen atoms in total. The Morgan fingerprint density at radius 1 is 1.03 bits per heavy atom. The molecule has 0 atom stereocenters. The maximum Gasteiger partial charge on any atom is 0.422 e. The number of nitrogens with zero attached hydrogens (tertiary/aromatic N) is 2. The van der Waals surface area contributed by atoms with Crippen molar-refractivity contribution in [2.75, 3.05) is 24.7 Å². The number of hydrogen-bond acceptors (Lipinski definition) is 5. The number of rotatable bonds is 5. The van der Waals surface area contributed by atoms with Crippen LogP contribution in [0.1, 0.15) is 34.3 Å². The first kappa shape index (κ1) is 23.3. The van der Waals surface area contributed by atoms with Gasteiger partial charge in [-0.05, 0) is 35.9 Å². The van der Waals surface area contributed by atoms with E-state index < -0.39 is 18.4 Å². The average molecular weight is 484 g/mol. The summed E-state index contributed by atoms with van der Waals surface area (Å²) in [5, 5.41) is 10.9. The number of benzene rings is 2. The summed E-state index contributed by atoms with van der Waals surface area (Å²) < 4.78 is 48.6. The van der Waals surface area contributed by atoms with Gasteiger partial charge in [-0.25, -0.2) is 0 Å². The van der Waals surface area contributed by atoms with Crippen LogP contribution in [0.2, 0.25) is 0 Å². The fraction of sp³-hybridized carbons (Fsp3) is 0.308. The monoisotopic (exact) mass is 484 g/mol. The van der Waals surface area contributed by atoms with Gasteiger partial charge < -0.3 is 19.5 Å². The Labute approximate surface area is 199 Å². The minimum absolute atomic E-state index is 0.0469. The number of aromatic nitrogens is 1. The van der Waals surface area contributed by atoms with Gasteiger partial charge in [0, 0.05) is 54.6 Å². The molecule has 2 aromatic carbocycles. The van der Waals surface area contributed by atoms with Gasteiger partial charge in [-0.1, -0.05) is 24.3 Å². The van der Waals surface area contributed by atoms with Crippen LogP contribution < -0.4 is 9.64 Å². The summed E-state index contributed by atoms with van der Waals surface area (Å²) >= 11 is 0. The number of amides is 1. The summed E-state index contributed by atoms with van der Waals surface area (Å²) in [5.41, 5.74) is 2.32. The summed E-state index contributed by atoms with van der Waals surface area (Å²) in [4.78, 5) is 19.2. The Morgan fingerprint density at radius 2 is 1.74 bits per heavy atom. The van der Waals surface area contributed by atoms with Gasteiger partial charge >= 0.3 is 6.18 Å². The number of pyridine rings is 1. The molecule has 5 rings (SSSR count). The van der Waals surface area contributed by atoms with E-state index in [1.807, 2.05) is 12.1 Å². The van der Waals surface area contributed by atoms with Crippen molar-refractivity contribution in [3.8, 4) is 17.0 Å². The largest absolute Gasteiger partial charge is 0.483 e. The molecular formula is C26H23F3N2O4. The summed E-state index contributed by atoms with van der Waals surface area (Å²) in [6, 6.07) is 15.2. The number of para-hydroxylation sites is 1. The number of halogens is 3. The molecule has 1 aromatic heterocycles. The van der Waals surface area contributed by atoms with Crippen LogP contribution in [0.25, 0.3) is 11.3 Å². The average Bonchev–Trinajstić information content (AvgIpc) is 3.20. The second-order valence-corrected chi connectivity index (χ2v) is 8.67. The highest BCUT2D eigenvalue weighted by molar-refractivity contribution is 6.11. The topological polar surface area (TPSA) is 71.9 Å². The highest BCUT2D eigenvalue weighted by Crippen LogP contribution is 2.39. The van der Waals surface area contributed by atoms with E-state index in [4.69, 9.17) is 9.47 Å². The summed E-state index contributed by atoms with van der Waals surface area (Å²) in [6.45, 7) is -0.235. The van der Waals surface area contributed by atoms with Gasteiger partial charge in [-0.2, -0.15) is 13.2 Å². The van der Waals surface area contributed by atoms with Crippen LogP contribution in [0.4, 0.5) is 18.9 Å². The first-order valence-electron chi connectivity index (χ1n) is 11.2.